The summed E-state index contributed by atoms with van der Waals surface area (Å²) in [6.07, 6.45) is 7.78. The van der Waals surface area contributed by atoms with Crippen LogP contribution in [0.2, 0.25) is 0 Å². The maximum atomic E-state index is 12.5. The fourth-order valence-electron chi connectivity index (χ4n) is 2.74. The highest BCUT2D eigenvalue weighted by molar-refractivity contribution is 5.92. The summed E-state index contributed by atoms with van der Waals surface area (Å²) in [4.78, 5) is 14.2. The van der Waals surface area contributed by atoms with Crippen molar-refractivity contribution in [3.63, 3.8) is 0 Å². The summed E-state index contributed by atoms with van der Waals surface area (Å²) in [5.41, 5.74) is 2.97. The van der Waals surface area contributed by atoms with Crippen molar-refractivity contribution in [3.05, 3.63) is 35.0 Å². The first kappa shape index (κ1) is 13.9. The van der Waals surface area contributed by atoms with Crippen LogP contribution >= 0.6 is 0 Å². The van der Waals surface area contributed by atoms with Crippen LogP contribution in [0.4, 0.5) is 0 Å². The van der Waals surface area contributed by atoms with E-state index in [4.69, 9.17) is 4.52 Å². The Balaban J connectivity index is 1.73. The van der Waals surface area contributed by atoms with Gasteiger partial charge >= 0.3 is 0 Å². The molecule has 0 fully saturated rings. The average Bonchev–Trinajstić information content (AvgIpc) is 3.12. The minimum atomic E-state index is -0.102. The van der Waals surface area contributed by atoms with E-state index in [1.54, 1.807) is 18.1 Å². The molecule has 0 spiro atoms. The summed E-state index contributed by atoms with van der Waals surface area (Å²) in [7, 11) is 1.78. The highest BCUT2D eigenvalue weighted by Crippen LogP contribution is 2.24. The maximum absolute atomic E-state index is 12.5. The van der Waals surface area contributed by atoms with Crippen LogP contribution in [0.3, 0.4) is 0 Å². The first-order chi connectivity index (χ1) is 10.2. The summed E-state index contributed by atoms with van der Waals surface area (Å²) in [6, 6.07) is 0. The first-order valence-corrected chi connectivity index (χ1v) is 7.43. The number of hydrogen-bond donors (Lipinski definition) is 0. The summed E-state index contributed by atoms with van der Waals surface area (Å²) in [5, 5.41) is 8.27. The molecule has 1 amide bonds. The number of carbonyl (C=O) groups is 1. The van der Waals surface area contributed by atoms with Crippen LogP contribution in [0.5, 0.6) is 0 Å². The van der Waals surface area contributed by atoms with Crippen LogP contribution in [-0.2, 0) is 25.9 Å². The van der Waals surface area contributed by atoms with Crippen LogP contribution in [-0.4, -0.2) is 32.8 Å². The molecule has 0 saturated carbocycles. The van der Waals surface area contributed by atoms with E-state index in [9.17, 15) is 4.79 Å². The van der Waals surface area contributed by atoms with Crippen molar-refractivity contribution < 1.29 is 9.32 Å². The summed E-state index contributed by atoms with van der Waals surface area (Å²) < 4.78 is 7.15. The molecule has 0 saturated heterocycles. The second-order valence-electron chi connectivity index (χ2n) is 5.51. The van der Waals surface area contributed by atoms with E-state index in [0.717, 1.165) is 49.0 Å². The molecule has 2 aromatic heterocycles. The van der Waals surface area contributed by atoms with Crippen LogP contribution in [0.15, 0.2) is 16.9 Å². The number of aryl methyl sites for hydroxylation is 2. The van der Waals surface area contributed by atoms with Crippen molar-refractivity contribution in [2.75, 3.05) is 7.05 Å². The lowest BCUT2D eigenvalue weighted by Crippen LogP contribution is -2.26. The van der Waals surface area contributed by atoms with Crippen molar-refractivity contribution >= 4 is 5.91 Å². The second kappa shape index (κ2) is 5.71. The van der Waals surface area contributed by atoms with Crippen LogP contribution in [0.1, 0.15) is 47.1 Å². The Hall–Kier alpha value is -2.11. The van der Waals surface area contributed by atoms with E-state index in [2.05, 4.69) is 10.3 Å². The number of rotatable bonds is 4. The molecule has 21 heavy (non-hydrogen) atoms. The van der Waals surface area contributed by atoms with Gasteiger partial charge in [-0.3, -0.25) is 9.48 Å². The topological polar surface area (TPSA) is 64.2 Å². The fourth-order valence-corrected chi connectivity index (χ4v) is 2.74. The summed E-state index contributed by atoms with van der Waals surface area (Å²) >= 11 is 0. The molecule has 0 aromatic carbocycles. The van der Waals surface area contributed by atoms with E-state index in [1.165, 1.54) is 0 Å². The molecular weight excluding hydrogens is 268 g/mol. The van der Waals surface area contributed by atoms with Gasteiger partial charge in [0.05, 0.1) is 11.9 Å². The molecule has 1 aliphatic carbocycles. The van der Waals surface area contributed by atoms with Gasteiger partial charge in [-0.15, -0.1) is 0 Å². The van der Waals surface area contributed by atoms with Crippen LogP contribution < -0.4 is 0 Å². The molecule has 0 bridgehead atoms. The molecule has 3 rings (SSSR count). The number of hydrogen-bond acceptors (Lipinski definition) is 4. The Kier molecular flexibility index (Phi) is 3.77. The monoisotopic (exact) mass is 288 g/mol. The van der Waals surface area contributed by atoms with E-state index >= 15 is 0 Å². The summed E-state index contributed by atoms with van der Waals surface area (Å²) in [6.45, 7) is 3.38. The number of fused-ring (bicyclic) bond motifs is 1. The smallest absolute Gasteiger partial charge is 0.292 e. The largest absolute Gasteiger partial charge is 0.350 e. The molecule has 112 valence electrons. The van der Waals surface area contributed by atoms with Crippen LogP contribution in [0.25, 0.3) is 0 Å². The zero-order chi connectivity index (χ0) is 14.8. The lowest BCUT2D eigenvalue weighted by molar-refractivity contribution is 0.0742. The molecule has 6 heteroatoms. The van der Waals surface area contributed by atoms with Gasteiger partial charge < -0.3 is 9.42 Å². The molecule has 0 unspecified atom stereocenters. The molecule has 0 aliphatic heterocycles. The Labute approximate surface area is 123 Å². The Bertz CT molecular complexity index is 644. The molecular formula is C15H20N4O2. The minimum absolute atomic E-state index is 0.102. The molecule has 0 radical (unpaired) electrons. The van der Waals surface area contributed by atoms with E-state index < -0.39 is 0 Å². The number of aromatic nitrogens is 3. The molecule has 0 N–H and O–H groups in total. The Morgan fingerprint density at radius 2 is 2.24 bits per heavy atom. The van der Waals surface area contributed by atoms with Gasteiger partial charge in [0.15, 0.2) is 0 Å². The van der Waals surface area contributed by atoms with Gasteiger partial charge in [-0.25, -0.2) is 0 Å². The van der Waals surface area contributed by atoms with Gasteiger partial charge in [0.2, 0.25) is 5.76 Å². The van der Waals surface area contributed by atoms with Crippen molar-refractivity contribution in [3.8, 4) is 0 Å². The summed E-state index contributed by atoms with van der Waals surface area (Å²) in [5.74, 6) is 0.310. The van der Waals surface area contributed by atoms with Crippen molar-refractivity contribution in [1.82, 2.24) is 19.8 Å². The van der Waals surface area contributed by atoms with E-state index in [1.807, 2.05) is 17.8 Å². The van der Waals surface area contributed by atoms with Gasteiger partial charge in [0.1, 0.15) is 0 Å². The maximum Gasteiger partial charge on any atom is 0.292 e. The lowest BCUT2D eigenvalue weighted by atomic mass is 9.96. The molecule has 2 aromatic rings. The predicted octanol–water partition coefficient (Wildman–Crippen LogP) is 2.04. The lowest BCUT2D eigenvalue weighted by Gasteiger charge is -2.16. The quantitative estimate of drug-likeness (QED) is 0.863. The SMILES string of the molecule is CCn1cc(CN(C)C(=O)c2onc3c2CCCC3)cn1. The number of amides is 1. The minimum Gasteiger partial charge on any atom is -0.350 e. The molecule has 2 heterocycles. The van der Waals surface area contributed by atoms with Crippen molar-refractivity contribution in [1.29, 1.82) is 0 Å². The number of carbonyl (C=O) groups excluding carboxylic acids is 1. The third-order valence-electron chi connectivity index (χ3n) is 3.93. The van der Waals surface area contributed by atoms with Gasteiger partial charge in [-0.05, 0) is 32.6 Å². The van der Waals surface area contributed by atoms with Gasteiger partial charge in [-0.2, -0.15) is 5.10 Å². The predicted molar refractivity (Wildman–Crippen MR) is 76.8 cm³/mol. The first-order valence-electron chi connectivity index (χ1n) is 7.43. The Morgan fingerprint density at radius 3 is 3.00 bits per heavy atom. The number of nitrogens with zero attached hydrogens (tertiary/aromatic N) is 4. The Morgan fingerprint density at radius 1 is 1.43 bits per heavy atom. The van der Waals surface area contributed by atoms with Gasteiger partial charge in [0, 0.05) is 37.5 Å². The van der Waals surface area contributed by atoms with Gasteiger partial charge in [-0.1, -0.05) is 5.16 Å². The molecule has 6 nitrogen and oxygen atoms in total. The van der Waals surface area contributed by atoms with E-state index in [0.29, 0.717) is 12.3 Å². The zero-order valence-electron chi connectivity index (χ0n) is 12.5. The highest BCUT2D eigenvalue weighted by atomic mass is 16.5. The fraction of sp³-hybridized carbons (Fsp3) is 0.533. The average molecular weight is 288 g/mol. The molecule has 0 atom stereocenters. The third kappa shape index (κ3) is 2.70. The molecule has 1 aliphatic rings. The third-order valence-corrected chi connectivity index (χ3v) is 3.93. The second-order valence-corrected chi connectivity index (χ2v) is 5.51. The zero-order valence-corrected chi connectivity index (χ0v) is 12.5. The van der Waals surface area contributed by atoms with E-state index in [-0.39, 0.29) is 5.91 Å². The normalized spacial score (nSPS) is 14.0. The van der Waals surface area contributed by atoms with Gasteiger partial charge in [0.25, 0.3) is 5.91 Å². The van der Waals surface area contributed by atoms with Crippen LogP contribution in [0, 0.1) is 0 Å². The standard InChI is InChI=1S/C15H20N4O2/c1-3-19-10-11(8-16-19)9-18(2)15(20)14-12-6-4-5-7-13(12)17-21-14/h8,10H,3-7,9H2,1-2H3. The van der Waals surface area contributed by atoms with Crippen molar-refractivity contribution in [2.24, 2.45) is 0 Å². The van der Waals surface area contributed by atoms with Crippen molar-refractivity contribution in [2.45, 2.75) is 45.7 Å². The highest BCUT2D eigenvalue weighted by Gasteiger charge is 2.26.